The Kier molecular flexibility index (Phi) is 9.23. The van der Waals surface area contributed by atoms with Gasteiger partial charge in [0.1, 0.15) is 12.1 Å². The Bertz CT molecular complexity index is 1440. The highest BCUT2D eigenvalue weighted by molar-refractivity contribution is 6.42. The van der Waals surface area contributed by atoms with Gasteiger partial charge in [-0.1, -0.05) is 29.8 Å². The maximum atomic E-state index is 12.3. The third-order valence-corrected chi connectivity index (χ3v) is 7.50. The number of likely N-dealkylation sites (N-methyl/N-ethyl adjacent to an activating group) is 1. The molecule has 0 saturated carbocycles. The van der Waals surface area contributed by atoms with Crippen LogP contribution in [-0.4, -0.2) is 71.2 Å². The smallest absolute Gasteiger partial charge is 0.247 e. The second-order valence-electron chi connectivity index (χ2n) is 10.4. The number of ether oxygens (including phenoxy) is 1. The van der Waals surface area contributed by atoms with Crippen LogP contribution in [0, 0.1) is 0 Å². The standard InChI is InChI=1S/C28H34Cl2N8O3/c1-7-25(39)33-21-12-22(24(41-6)13-23(21)38-9-8-16(14-38)37(4)5)35-27-32-15-31-26(36-27)34-20-11-19(30)18(29)10-17(20)28(2,3)40/h7,10-13,15-16,40H,1,8-9,14H2,2-6H3,(H,33,39)(H2,31,32,34,35,36). The van der Waals surface area contributed by atoms with Crippen molar-refractivity contribution in [1.29, 1.82) is 0 Å². The fourth-order valence-electron chi connectivity index (χ4n) is 4.58. The first kappa shape index (κ1) is 30.3. The lowest BCUT2D eigenvalue weighted by Crippen LogP contribution is -2.31. The van der Waals surface area contributed by atoms with E-state index in [0.717, 1.165) is 25.2 Å². The van der Waals surface area contributed by atoms with E-state index in [4.69, 9.17) is 27.9 Å². The number of carbonyl (C=O) groups excluding carboxylic acids is 1. The van der Waals surface area contributed by atoms with E-state index < -0.39 is 5.60 Å². The molecular weight excluding hydrogens is 567 g/mol. The number of hydrogen-bond acceptors (Lipinski definition) is 10. The molecule has 11 nitrogen and oxygen atoms in total. The van der Waals surface area contributed by atoms with Gasteiger partial charge in [0.05, 0.1) is 39.8 Å². The van der Waals surface area contributed by atoms with Gasteiger partial charge in [0.2, 0.25) is 17.8 Å². The third-order valence-electron chi connectivity index (χ3n) is 6.78. The Hall–Kier alpha value is -3.64. The molecule has 1 aliphatic heterocycles. The van der Waals surface area contributed by atoms with Crippen LogP contribution in [0.1, 0.15) is 25.8 Å². The van der Waals surface area contributed by atoms with E-state index in [-0.39, 0.29) is 17.8 Å². The molecule has 1 saturated heterocycles. The van der Waals surface area contributed by atoms with E-state index in [1.54, 1.807) is 39.2 Å². The summed E-state index contributed by atoms with van der Waals surface area (Å²) in [6.45, 7) is 8.50. The van der Waals surface area contributed by atoms with E-state index in [2.05, 4.69) is 61.4 Å². The van der Waals surface area contributed by atoms with Crippen molar-refractivity contribution in [3.8, 4) is 5.75 Å². The summed E-state index contributed by atoms with van der Waals surface area (Å²) in [5.41, 5.74) is 1.75. The van der Waals surface area contributed by atoms with Crippen LogP contribution in [0.15, 0.2) is 43.2 Å². The maximum Gasteiger partial charge on any atom is 0.247 e. The fourth-order valence-corrected chi connectivity index (χ4v) is 4.90. The largest absolute Gasteiger partial charge is 0.494 e. The van der Waals surface area contributed by atoms with Gasteiger partial charge in [-0.2, -0.15) is 4.98 Å². The first-order valence-electron chi connectivity index (χ1n) is 12.9. The minimum atomic E-state index is -1.21. The second kappa shape index (κ2) is 12.5. The number of nitrogens with zero attached hydrogens (tertiary/aromatic N) is 5. The number of anilines is 6. The average molecular weight is 602 g/mol. The van der Waals surface area contributed by atoms with Crippen LogP contribution in [0.2, 0.25) is 10.0 Å². The molecular formula is C28H34Cl2N8O3. The van der Waals surface area contributed by atoms with Gasteiger partial charge in [0.25, 0.3) is 0 Å². The molecule has 2 heterocycles. The van der Waals surface area contributed by atoms with Crippen molar-refractivity contribution in [3.05, 3.63) is 58.9 Å². The number of aliphatic hydroxyl groups is 1. The first-order valence-corrected chi connectivity index (χ1v) is 13.7. The zero-order valence-corrected chi connectivity index (χ0v) is 25.1. The van der Waals surface area contributed by atoms with E-state index in [0.29, 0.717) is 44.5 Å². The van der Waals surface area contributed by atoms with E-state index in [9.17, 15) is 9.90 Å². The van der Waals surface area contributed by atoms with Gasteiger partial charge in [-0.15, -0.1) is 0 Å². The van der Waals surface area contributed by atoms with Gasteiger partial charge in [-0.25, -0.2) is 9.97 Å². The Labute approximate surface area is 249 Å². The van der Waals surface area contributed by atoms with Crippen molar-refractivity contribution >= 4 is 63.8 Å². The van der Waals surface area contributed by atoms with Crippen molar-refractivity contribution in [1.82, 2.24) is 19.9 Å². The number of hydrogen-bond donors (Lipinski definition) is 4. The molecule has 3 aromatic rings. The minimum Gasteiger partial charge on any atom is -0.494 e. The van der Waals surface area contributed by atoms with E-state index >= 15 is 0 Å². The Morgan fingerprint density at radius 3 is 2.37 bits per heavy atom. The molecule has 1 amide bonds. The number of halogens is 2. The number of aromatic nitrogens is 3. The summed E-state index contributed by atoms with van der Waals surface area (Å²) in [5.74, 6) is 0.623. The highest BCUT2D eigenvalue weighted by Gasteiger charge is 2.27. The lowest BCUT2D eigenvalue weighted by atomic mass is 9.96. The summed E-state index contributed by atoms with van der Waals surface area (Å²) in [5, 5.41) is 20.4. The van der Waals surface area contributed by atoms with Crippen LogP contribution in [0.25, 0.3) is 0 Å². The molecule has 4 rings (SSSR count). The minimum absolute atomic E-state index is 0.203. The molecule has 41 heavy (non-hydrogen) atoms. The van der Waals surface area contributed by atoms with E-state index in [1.807, 2.05) is 6.07 Å². The number of methoxy groups -OCH3 is 1. The van der Waals surface area contributed by atoms with Crippen molar-refractivity contribution < 1.29 is 14.6 Å². The van der Waals surface area contributed by atoms with Crippen LogP contribution in [-0.2, 0) is 10.4 Å². The highest BCUT2D eigenvalue weighted by Crippen LogP contribution is 2.40. The fraction of sp³-hybridized carbons (Fsp3) is 0.357. The predicted octanol–water partition coefficient (Wildman–Crippen LogP) is 5.17. The van der Waals surface area contributed by atoms with Crippen molar-refractivity contribution in [2.24, 2.45) is 0 Å². The Morgan fingerprint density at radius 2 is 1.78 bits per heavy atom. The summed E-state index contributed by atoms with van der Waals surface area (Å²) in [6.07, 6.45) is 3.56. The van der Waals surface area contributed by atoms with Gasteiger partial charge in [-0.05, 0) is 58.6 Å². The number of carbonyl (C=O) groups is 1. The maximum absolute atomic E-state index is 12.3. The molecule has 1 aliphatic rings. The number of rotatable bonds is 10. The van der Waals surface area contributed by atoms with Crippen molar-refractivity contribution in [2.45, 2.75) is 31.9 Å². The van der Waals surface area contributed by atoms with Crippen LogP contribution < -0.4 is 25.6 Å². The summed E-state index contributed by atoms with van der Waals surface area (Å²) < 4.78 is 5.71. The Morgan fingerprint density at radius 1 is 1.12 bits per heavy atom. The summed E-state index contributed by atoms with van der Waals surface area (Å²) in [6, 6.07) is 7.25. The predicted molar refractivity (Wildman–Crippen MR) is 164 cm³/mol. The Balaban J connectivity index is 1.66. The van der Waals surface area contributed by atoms with Crippen LogP contribution in [0.5, 0.6) is 5.75 Å². The van der Waals surface area contributed by atoms with Gasteiger partial charge in [0.15, 0.2) is 0 Å². The van der Waals surface area contributed by atoms with Gasteiger partial charge >= 0.3 is 0 Å². The normalized spacial score (nSPS) is 15.1. The molecule has 1 unspecified atom stereocenters. The molecule has 4 N–H and O–H groups in total. The molecule has 0 radical (unpaired) electrons. The monoisotopic (exact) mass is 600 g/mol. The molecule has 1 atom stereocenters. The topological polar surface area (TPSA) is 128 Å². The molecule has 13 heteroatoms. The highest BCUT2D eigenvalue weighted by atomic mass is 35.5. The number of amides is 1. The summed E-state index contributed by atoms with van der Waals surface area (Å²) in [7, 11) is 5.70. The molecule has 1 aromatic heterocycles. The van der Waals surface area contributed by atoms with Gasteiger partial charge in [-0.3, -0.25) is 4.79 Å². The van der Waals surface area contributed by atoms with Crippen LogP contribution >= 0.6 is 23.2 Å². The second-order valence-corrected chi connectivity index (χ2v) is 11.2. The molecule has 2 aromatic carbocycles. The summed E-state index contributed by atoms with van der Waals surface area (Å²) in [4.78, 5) is 29.7. The van der Waals surface area contributed by atoms with Crippen molar-refractivity contribution in [3.63, 3.8) is 0 Å². The zero-order chi connectivity index (χ0) is 29.9. The SMILES string of the molecule is C=CC(=O)Nc1cc(Nc2ncnc(Nc3cc(Cl)c(Cl)cc3C(C)(C)O)n2)c(OC)cc1N1CCC(N(C)C)C1. The van der Waals surface area contributed by atoms with Gasteiger partial charge < -0.3 is 35.6 Å². The third kappa shape index (κ3) is 7.17. The summed E-state index contributed by atoms with van der Waals surface area (Å²) >= 11 is 12.4. The van der Waals surface area contributed by atoms with Crippen LogP contribution in [0.3, 0.4) is 0 Å². The van der Waals surface area contributed by atoms with Gasteiger partial charge in [0, 0.05) is 36.4 Å². The molecule has 1 fully saturated rings. The first-order chi connectivity index (χ1) is 19.4. The lowest BCUT2D eigenvalue weighted by molar-refractivity contribution is -0.111. The number of benzene rings is 2. The molecule has 0 bridgehead atoms. The molecule has 0 aliphatic carbocycles. The van der Waals surface area contributed by atoms with Crippen LogP contribution in [0.4, 0.5) is 34.6 Å². The van der Waals surface area contributed by atoms with E-state index in [1.165, 1.54) is 12.4 Å². The lowest BCUT2D eigenvalue weighted by Gasteiger charge is -2.25. The molecule has 218 valence electrons. The molecule has 0 spiro atoms. The number of nitrogens with one attached hydrogen (secondary N) is 3. The quantitative estimate of drug-likeness (QED) is 0.231. The zero-order valence-electron chi connectivity index (χ0n) is 23.6. The average Bonchev–Trinajstić information content (AvgIpc) is 3.41. The van der Waals surface area contributed by atoms with Crippen molar-refractivity contribution in [2.75, 3.05) is 55.1 Å².